The summed E-state index contributed by atoms with van der Waals surface area (Å²) in [5, 5.41) is 6.12. The molecule has 0 bridgehead atoms. The molecule has 0 aliphatic carbocycles. The fraction of sp³-hybridized carbons (Fsp3) is 0.500. The second-order valence-electron chi connectivity index (χ2n) is 4.13. The fourth-order valence-corrected chi connectivity index (χ4v) is 1.62. The van der Waals surface area contributed by atoms with Gasteiger partial charge in [0.25, 0.3) is 0 Å². The lowest BCUT2D eigenvalue weighted by Gasteiger charge is -2.07. The predicted octanol–water partition coefficient (Wildman–Crippen LogP) is 1.78. The van der Waals surface area contributed by atoms with Crippen LogP contribution in [0.4, 0.5) is 0 Å². The topological polar surface area (TPSA) is 50.4 Å². The van der Waals surface area contributed by atoms with Gasteiger partial charge in [0.15, 0.2) is 0 Å². The first-order valence-corrected chi connectivity index (χ1v) is 6.36. The fourth-order valence-electron chi connectivity index (χ4n) is 1.62. The molecule has 1 rings (SSSR count). The van der Waals surface area contributed by atoms with Gasteiger partial charge in [-0.1, -0.05) is 19.1 Å². The molecular weight excluding hydrogens is 264 g/mol. The molecule has 5 heteroatoms. The number of rotatable bonds is 8. The molecule has 0 radical (unpaired) electrons. The Kier molecular flexibility index (Phi) is 9.94. The summed E-state index contributed by atoms with van der Waals surface area (Å²) in [6, 6.07) is 7.58. The van der Waals surface area contributed by atoms with Crippen molar-refractivity contribution in [1.29, 1.82) is 0 Å². The normalized spacial score (nSPS) is 9.58. The van der Waals surface area contributed by atoms with E-state index in [0.717, 1.165) is 30.8 Å². The summed E-state index contributed by atoms with van der Waals surface area (Å²) >= 11 is 0. The van der Waals surface area contributed by atoms with Crippen molar-refractivity contribution in [2.24, 2.45) is 0 Å². The maximum absolute atomic E-state index is 11.7. The van der Waals surface area contributed by atoms with E-state index in [2.05, 4.69) is 17.6 Å². The highest BCUT2D eigenvalue weighted by Crippen LogP contribution is 2.12. The van der Waals surface area contributed by atoms with Crippen molar-refractivity contribution in [2.45, 2.75) is 19.8 Å². The summed E-state index contributed by atoms with van der Waals surface area (Å²) in [5.41, 5.74) is 0.966. The molecule has 19 heavy (non-hydrogen) atoms. The third-order valence-corrected chi connectivity index (χ3v) is 2.55. The third-order valence-electron chi connectivity index (χ3n) is 2.55. The van der Waals surface area contributed by atoms with Gasteiger partial charge in [0, 0.05) is 13.1 Å². The van der Waals surface area contributed by atoms with E-state index in [1.54, 1.807) is 7.11 Å². The van der Waals surface area contributed by atoms with Gasteiger partial charge in [-0.05, 0) is 30.7 Å². The molecule has 0 spiro atoms. The highest BCUT2D eigenvalue weighted by atomic mass is 35.5. The van der Waals surface area contributed by atoms with Crippen molar-refractivity contribution in [3.05, 3.63) is 29.8 Å². The number of amides is 1. The zero-order valence-electron chi connectivity index (χ0n) is 11.6. The van der Waals surface area contributed by atoms with Crippen LogP contribution in [0.15, 0.2) is 24.3 Å². The Balaban J connectivity index is 0.00000324. The van der Waals surface area contributed by atoms with E-state index in [9.17, 15) is 4.79 Å². The number of hydrogen-bond donors (Lipinski definition) is 2. The number of benzene rings is 1. The Morgan fingerprint density at radius 3 is 2.74 bits per heavy atom. The molecule has 0 aliphatic rings. The van der Waals surface area contributed by atoms with Crippen molar-refractivity contribution >= 4 is 18.3 Å². The highest BCUT2D eigenvalue weighted by Gasteiger charge is 2.03. The Morgan fingerprint density at radius 1 is 1.26 bits per heavy atom. The zero-order chi connectivity index (χ0) is 13.2. The molecule has 0 saturated heterocycles. The lowest BCUT2D eigenvalue weighted by molar-refractivity contribution is -0.120. The van der Waals surface area contributed by atoms with E-state index >= 15 is 0 Å². The van der Waals surface area contributed by atoms with Gasteiger partial charge in [-0.3, -0.25) is 4.79 Å². The van der Waals surface area contributed by atoms with Crippen LogP contribution >= 0.6 is 12.4 Å². The Morgan fingerprint density at radius 2 is 2.05 bits per heavy atom. The van der Waals surface area contributed by atoms with Gasteiger partial charge in [-0.25, -0.2) is 0 Å². The van der Waals surface area contributed by atoms with Gasteiger partial charge in [-0.2, -0.15) is 0 Å². The Bertz CT molecular complexity index is 372. The minimum absolute atomic E-state index is 0. The van der Waals surface area contributed by atoms with Gasteiger partial charge in [0.1, 0.15) is 5.75 Å². The quantitative estimate of drug-likeness (QED) is 0.716. The van der Waals surface area contributed by atoms with Crippen molar-refractivity contribution < 1.29 is 9.53 Å². The number of carbonyl (C=O) groups excluding carboxylic acids is 1. The van der Waals surface area contributed by atoms with Crippen LogP contribution in [0.2, 0.25) is 0 Å². The first-order chi connectivity index (χ1) is 8.76. The van der Waals surface area contributed by atoms with Crippen LogP contribution in [-0.2, 0) is 11.2 Å². The van der Waals surface area contributed by atoms with Crippen LogP contribution in [0.3, 0.4) is 0 Å². The third kappa shape index (κ3) is 7.70. The predicted molar refractivity (Wildman–Crippen MR) is 80.1 cm³/mol. The molecule has 0 aromatic heterocycles. The Hall–Kier alpha value is -1.26. The minimum atomic E-state index is 0. The molecule has 2 N–H and O–H groups in total. The molecule has 1 amide bonds. The van der Waals surface area contributed by atoms with Crippen molar-refractivity contribution in [3.63, 3.8) is 0 Å². The zero-order valence-corrected chi connectivity index (χ0v) is 12.4. The number of nitrogens with one attached hydrogen (secondary N) is 2. The van der Waals surface area contributed by atoms with Crippen molar-refractivity contribution in [1.82, 2.24) is 10.6 Å². The average Bonchev–Trinajstić information content (AvgIpc) is 2.38. The summed E-state index contributed by atoms with van der Waals surface area (Å²) in [6.07, 6.45) is 1.50. The molecule has 108 valence electrons. The van der Waals surface area contributed by atoms with Gasteiger partial charge >= 0.3 is 0 Å². The molecule has 0 fully saturated rings. The number of hydrogen-bond acceptors (Lipinski definition) is 3. The van der Waals surface area contributed by atoms with Crippen molar-refractivity contribution in [3.8, 4) is 5.75 Å². The minimum Gasteiger partial charge on any atom is -0.497 e. The van der Waals surface area contributed by atoms with E-state index in [-0.39, 0.29) is 18.3 Å². The first kappa shape index (κ1) is 17.7. The smallest absolute Gasteiger partial charge is 0.224 e. The van der Waals surface area contributed by atoms with E-state index in [4.69, 9.17) is 4.74 Å². The summed E-state index contributed by atoms with van der Waals surface area (Å²) in [5.74, 6) is 0.825. The molecule has 0 unspecified atom stereocenters. The van der Waals surface area contributed by atoms with Crippen LogP contribution in [-0.4, -0.2) is 32.7 Å². The van der Waals surface area contributed by atoms with E-state index in [1.165, 1.54) is 0 Å². The monoisotopic (exact) mass is 286 g/mol. The van der Waals surface area contributed by atoms with E-state index in [1.807, 2.05) is 24.3 Å². The maximum Gasteiger partial charge on any atom is 0.224 e. The largest absolute Gasteiger partial charge is 0.497 e. The second-order valence-corrected chi connectivity index (χ2v) is 4.13. The number of carbonyl (C=O) groups is 1. The molecule has 0 aliphatic heterocycles. The summed E-state index contributed by atoms with van der Waals surface area (Å²) in [7, 11) is 1.62. The lowest BCUT2D eigenvalue weighted by Crippen LogP contribution is -2.32. The summed E-state index contributed by atoms with van der Waals surface area (Å²) in [6.45, 7) is 4.60. The van der Waals surface area contributed by atoms with Gasteiger partial charge in [-0.15, -0.1) is 12.4 Å². The molecule has 0 atom stereocenters. The van der Waals surface area contributed by atoms with Gasteiger partial charge in [0.05, 0.1) is 13.5 Å². The Labute approximate surface area is 121 Å². The van der Waals surface area contributed by atoms with Crippen LogP contribution in [0.5, 0.6) is 5.75 Å². The number of methoxy groups -OCH3 is 1. The highest BCUT2D eigenvalue weighted by molar-refractivity contribution is 5.85. The van der Waals surface area contributed by atoms with Crippen LogP contribution < -0.4 is 15.4 Å². The van der Waals surface area contributed by atoms with Gasteiger partial charge < -0.3 is 15.4 Å². The first-order valence-electron chi connectivity index (χ1n) is 6.36. The maximum atomic E-state index is 11.7. The lowest BCUT2D eigenvalue weighted by atomic mass is 10.1. The van der Waals surface area contributed by atoms with Crippen LogP contribution in [0, 0.1) is 0 Å². The molecule has 1 aromatic rings. The van der Waals surface area contributed by atoms with Crippen LogP contribution in [0.1, 0.15) is 18.9 Å². The number of halogens is 1. The SMILES string of the molecule is CCCNCCNC(=O)Cc1cccc(OC)c1.Cl. The molecule has 1 aromatic carbocycles. The molecule has 0 saturated carbocycles. The average molecular weight is 287 g/mol. The molecule has 0 heterocycles. The van der Waals surface area contributed by atoms with E-state index < -0.39 is 0 Å². The summed E-state index contributed by atoms with van der Waals surface area (Å²) < 4.78 is 5.12. The standard InChI is InChI=1S/C14H22N2O2.ClH/c1-3-7-15-8-9-16-14(17)11-12-5-4-6-13(10-12)18-2;/h4-6,10,15H,3,7-9,11H2,1-2H3,(H,16,17);1H. The van der Waals surface area contributed by atoms with Crippen LogP contribution in [0.25, 0.3) is 0 Å². The summed E-state index contributed by atoms with van der Waals surface area (Å²) in [4.78, 5) is 11.7. The molecule has 4 nitrogen and oxygen atoms in total. The number of ether oxygens (including phenoxy) is 1. The second kappa shape index (κ2) is 10.6. The van der Waals surface area contributed by atoms with Crippen molar-refractivity contribution in [2.75, 3.05) is 26.7 Å². The van der Waals surface area contributed by atoms with E-state index in [0.29, 0.717) is 13.0 Å². The molecular formula is C14H23ClN2O2. The van der Waals surface area contributed by atoms with Gasteiger partial charge in [0.2, 0.25) is 5.91 Å².